The second kappa shape index (κ2) is 3.63. The Morgan fingerprint density at radius 2 is 2.08 bits per heavy atom. The van der Waals surface area contributed by atoms with Gasteiger partial charge in [-0.3, -0.25) is 0 Å². The van der Waals surface area contributed by atoms with E-state index >= 15 is 0 Å². The summed E-state index contributed by atoms with van der Waals surface area (Å²) in [6.07, 6.45) is 0.804. The molecule has 1 aromatic rings. The summed E-state index contributed by atoms with van der Waals surface area (Å²) in [7, 11) is 1.39. The molecule has 0 aliphatic carbocycles. The van der Waals surface area contributed by atoms with Gasteiger partial charge in [-0.05, 0) is 13.3 Å². The van der Waals surface area contributed by atoms with Crippen LogP contribution in [0.1, 0.15) is 19.2 Å². The van der Waals surface area contributed by atoms with Gasteiger partial charge in [-0.25, -0.2) is 8.42 Å². The maximum Gasteiger partial charge on any atom is 0.296 e. The number of nitrogens with zero attached hydrogens (tertiary/aromatic N) is 3. The predicted octanol–water partition coefficient (Wildman–Crippen LogP) is 0.924. The summed E-state index contributed by atoms with van der Waals surface area (Å²) < 4.78 is 23.5. The molecule has 1 heterocycles. The summed E-state index contributed by atoms with van der Waals surface area (Å²) in [5.41, 5.74) is 0. The monoisotopic (exact) mass is 223 g/mol. The fourth-order valence-electron chi connectivity index (χ4n) is 1.02. The van der Waals surface area contributed by atoms with Crippen molar-refractivity contribution in [2.75, 3.05) is 0 Å². The zero-order valence-corrected chi connectivity index (χ0v) is 8.93. The first-order chi connectivity index (χ1) is 5.96. The molecule has 0 aliphatic heterocycles. The molecule has 0 aromatic carbocycles. The van der Waals surface area contributed by atoms with E-state index in [1.165, 1.54) is 4.57 Å². The van der Waals surface area contributed by atoms with Crippen molar-refractivity contribution in [1.82, 2.24) is 14.8 Å². The lowest BCUT2D eigenvalue weighted by molar-refractivity contribution is 0.562. The topological polar surface area (TPSA) is 64.8 Å². The van der Waals surface area contributed by atoms with Gasteiger partial charge in [0.05, 0.1) is 0 Å². The van der Waals surface area contributed by atoms with Gasteiger partial charge in [0.1, 0.15) is 5.82 Å². The van der Waals surface area contributed by atoms with Crippen molar-refractivity contribution in [3.05, 3.63) is 5.82 Å². The Kier molecular flexibility index (Phi) is 2.92. The minimum atomic E-state index is -3.77. The van der Waals surface area contributed by atoms with Crippen molar-refractivity contribution in [2.45, 2.75) is 32.0 Å². The molecule has 0 saturated heterocycles. The van der Waals surface area contributed by atoms with Crippen molar-refractivity contribution in [2.24, 2.45) is 0 Å². The smallest absolute Gasteiger partial charge is 0.296 e. The highest BCUT2D eigenvalue weighted by molar-refractivity contribution is 8.13. The van der Waals surface area contributed by atoms with Crippen LogP contribution in [0.2, 0.25) is 0 Å². The molecule has 0 unspecified atom stereocenters. The Balaban J connectivity index is 3.23. The van der Waals surface area contributed by atoms with Crippen LogP contribution in [0, 0.1) is 6.92 Å². The van der Waals surface area contributed by atoms with Crippen molar-refractivity contribution in [1.29, 1.82) is 0 Å². The lowest BCUT2D eigenvalue weighted by Crippen LogP contribution is -2.07. The molecule has 0 amide bonds. The van der Waals surface area contributed by atoms with Crippen LogP contribution in [-0.4, -0.2) is 23.2 Å². The SMILES string of the molecule is CCCn1c(C)nnc1S(=O)(=O)Cl. The second-order valence-electron chi connectivity index (χ2n) is 2.62. The molecule has 5 nitrogen and oxygen atoms in total. The highest BCUT2D eigenvalue weighted by Crippen LogP contribution is 2.13. The summed E-state index contributed by atoms with van der Waals surface area (Å²) in [6, 6.07) is 0. The third-order valence-electron chi connectivity index (χ3n) is 1.57. The molecule has 0 bridgehead atoms. The Morgan fingerprint density at radius 1 is 1.46 bits per heavy atom. The Morgan fingerprint density at radius 3 is 2.54 bits per heavy atom. The summed E-state index contributed by atoms with van der Waals surface area (Å²) in [5, 5.41) is 6.98. The van der Waals surface area contributed by atoms with Gasteiger partial charge in [-0.15, -0.1) is 10.2 Å². The van der Waals surface area contributed by atoms with Crippen molar-refractivity contribution in [3.63, 3.8) is 0 Å². The van der Waals surface area contributed by atoms with E-state index in [2.05, 4.69) is 10.2 Å². The van der Waals surface area contributed by atoms with Crippen LogP contribution in [0.4, 0.5) is 0 Å². The first-order valence-corrected chi connectivity index (χ1v) is 6.12. The number of halogens is 1. The minimum absolute atomic E-state index is 0.173. The lowest BCUT2D eigenvalue weighted by atomic mass is 10.5. The highest BCUT2D eigenvalue weighted by atomic mass is 35.7. The number of rotatable bonds is 3. The normalized spacial score (nSPS) is 11.9. The maximum absolute atomic E-state index is 11.0. The van der Waals surface area contributed by atoms with Crippen LogP contribution in [0.5, 0.6) is 0 Å². The zero-order valence-electron chi connectivity index (χ0n) is 7.36. The van der Waals surface area contributed by atoms with Crippen LogP contribution >= 0.6 is 10.7 Å². The molecule has 0 fully saturated rings. The fraction of sp³-hybridized carbons (Fsp3) is 0.667. The average molecular weight is 224 g/mol. The van der Waals surface area contributed by atoms with Gasteiger partial charge in [0.15, 0.2) is 0 Å². The number of aryl methyl sites for hydroxylation is 1. The lowest BCUT2D eigenvalue weighted by Gasteiger charge is -2.02. The van der Waals surface area contributed by atoms with Crippen LogP contribution in [0.15, 0.2) is 5.16 Å². The molecular formula is C6H10ClN3O2S. The minimum Gasteiger partial charge on any atom is -0.301 e. The van der Waals surface area contributed by atoms with Gasteiger partial charge in [-0.2, -0.15) is 0 Å². The summed E-state index contributed by atoms with van der Waals surface area (Å²) >= 11 is 0. The Hall–Kier alpha value is -0.620. The Labute approximate surface area is 81.2 Å². The van der Waals surface area contributed by atoms with E-state index in [1.807, 2.05) is 6.92 Å². The van der Waals surface area contributed by atoms with Gasteiger partial charge >= 0.3 is 0 Å². The first kappa shape index (κ1) is 10.5. The molecule has 74 valence electrons. The van der Waals surface area contributed by atoms with Gasteiger partial charge in [0.25, 0.3) is 14.2 Å². The largest absolute Gasteiger partial charge is 0.301 e. The number of aromatic nitrogens is 3. The average Bonchev–Trinajstić information content (AvgIpc) is 2.32. The predicted molar refractivity (Wildman–Crippen MR) is 48.1 cm³/mol. The third kappa shape index (κ3) is 2.19. The van der Waals surface area contributed by atoms with Crippen LogP contribution in [-0.2, 0) is 15.6 Å². The van der Waals surface area contributed by atoms with Crippen LogP contribution in [0.25, 0.3) is 0 Å². The molecule has 0 N–H and O–H groups in total. The summed E-state index contributed by atoms with van der Waals surface area (Å²) in [6.45, 7) is 4.18. The molecule has 0 radical (unpaired) electrons. The maximum atomic E-state index is 11.0. The molecule has 0 saturated carbocycles. The fourth-order valence-corrected chi connectivity index (χ4v) is 1.99. The quantitative estimate of drug-likeness (QED) is 0.715. The molecule has 0 atom stereocenters. The summed E-state index contributed by atoms with van der Waals surface area (Å²) in [4.78, 5) is 0. The molecule has 1 rings (SSSR count). The van der Waals surface area contributed by atoms with Crippen molar-refractivity contribution < 1.29 is 8.42 Å². The Bertz CT molecular complexity index is 398. The van der Waals surface area contributed by atoms with E-state index < -0.39 is 9.05 Å². The zero-order chi connectivity index (χ0) is 10.1. The molecule has 0 aliphatic rings. The van der Waals surface area contributed by atoms with Gasteiger partial charge in [0, 0.05) is 17.2 Å². The summed E-state index contributed by atoms with van der Waals surface area (Å²) in [5.74, 6) is 0.557. The van der Waals surface area contributed by atoms with E-state index in [1.54, 1.807) is 6.92 Å². The van der Waals surface area contributed by atoms with E-state index in [0.29, 0.717) is 12.4 Å². The molecule has 13 heavy (non-hydrogen) atoms. The van der Waals surface area contributed by atoms with Gasteiger partial charge in [0.2, 0.25) is 0 Å². The van der Waals surface area contributed by atoms with Crippen molar-refractivity contribution >= 4 is 19.7 Å². The molecule has 1 aromatic heterocycles. The van der Waals surface area contributed by atoms with E-state index in [-0.39, 0.29) is 5.16 Å². The molecular weight excluding hydrogens is 214 g/mol. The van der Waals surface area contributed by atoms with Gasteiger partial charge < -0.3 is 4.57 Å². The molecule has 7 heteroatoms. The van der Waals surface area contributed by atoms with Crippen LogP contribution in [0.3, 0.4) is 0 Å². The third-order valence-corrected chi connectivity index (χ3v) is 2.72. The number of hydrogen-bond acceptors (Lipinski definition) is 4. The van der Waals surface area contributed by atoms with E-state index in [4.69, 9.17) is 10.7 Å². The van der Waals surface area contributed by atoms with Gasteiger partial charge in [-0.1, -0.05) is 6.92 Å². The second-order valence-corrected chi connectivity index (χ2v) is 5.08. The molecule has 0 spiro atoms. The van der Waals surface area contributed by atoms with Crippen molar-refractivity contribution in [3.8, 4) is 0 Å². The van der Waals surface area contributed by atoms with E-state index in [9.17, 15) is 8.42 Å². The standard InChI is InChI=1S/C6H10ClN3O2S/c1-3-4-10-5(2)8-9-6(10)13(7,11)12/h3-4H2,1-2H3. The van der Waals surface area contributed by atoms with E-state index in [0.717, 1.165) is 6.42 Å². The number of hydrogen-bond donors (Lipinski definition) is 0. The first-order valence-electron chi connectivity index (χ1n) is 3.81. The highest BCUT2D eigenvalue weighted by Gasteiger charge is 2.19. The van der Waals surface area contributed by atoms with Crippen LogP contribution < -0.4 is 0 Å².